The minimum absolute atomic E-state index is 0.0126. The summed E-state index contributed by atoms with van der Waals surface area (Å²) in [7, 11) is 0. The van der Waals surface area contributed by atoms with Crippen molar-refractivity contribution in [3.8, 4) is 0 Å². The number of amides is 1. The molecule has 0 aliphatic rings. The van der Waals surface area contributed by atoms with Crippen LogP contribution in [-0.2, 0) is 9.53 Å². The third kappa shape index (κ3) is 13.5. The van der Waals surface area contributed by atoms with Gasteiger partial charge in [0.1, 0.15) is 0 Å². The van der Waals surface area contributed by atoms with Crippen molar-refractivity contribution in [1.29, 1.82) is 0 Å². The topological polar surface area (TPSA) is 64.4 Å². The lowest BCUT2D eigenvalue weighted by Crippen LogP contribution is -2.50. The Morgan fingerprint density at radius 1 is 0.806 bits per heavy atom. The van der Waals surface area contributed by atoms with Crippen LogP contribution in [-0.4, -0.2) is 28.7 Å². The number of carbonyl (C=O) groups excluding carboxylic acids is 1. The Labute approximate surface area is 194 Å². The van der Waals surface area contributed by atoms with Crippen molar-refractivity contribution in [1.82, 2.24) is 5.32 Å². The molecule has 0 saturated heterocycles. The summed E-state index contributed by atoms with van der Waals surface area (Å²) >= 11 is 0. The first-order chi connectivity index (χ1) is 13.5. The molecule has 4 heteroatoms. The molecular formula is C27H56N2O2. The van der Waals surface area contributed by atoms with Crippen molar-refractivity contribution in [3.63, 3.8) is 0 Å². The minimum atomic E-state index is -0.292. The van der Waals surface area contributed by atoms with E-state index >= 15 is 0 Å². The standard InChI is InChI=1S/C27H56N2O2/c1-19(15-20(2)28)21(3)22(30)29-25(9,10)17-24(7,8)18-27(13,14)31-26(11,12)16-23(4,5)6/h19-21H,15-18,28H2,1-14H3,(H,29,30). The van der Waals surface area contributed by atoms with Crippen molar-refractivity contribution in [2.45, 2.75) is 145 Å². The molecule has 0 saturated carbocycles. The largest absolute Gasteiger partial charge is 0.370 e. The molecule has 3 unspecified atom stereocenters. The van der Waals surface area contributed by atoms with E-state index in [1.54, 1.807) is 0 Å². The summed E-state index contributed by atoms with van der Waals surface area (Å²) in [6, 6.07) is 0.113. The van der Waals surface area contributed by atoms with Gasteiger partial charge in [0.25, 0.3) is 0 Å². The van der Waals surface area contributed by atoms with Crippen LogP contribution in [0.1, 0.15) is 123 Å². The Bertz CT molecular complexity index is 568. The van der Waals surface area contributed by atoms with Gasteiger partial charge in [0, 0.05) is 17.5 Å². The first-order valence-electron chi connectivity index (χ1n) is 12.2. The van der Waals surface area contributed by atoms with E-state index in [-0.39, 0.29) is 51.4 Å². The molecule has 4 nitrogen and oxygen atoms in total. The van der Waals surface area contributed by atoms with E-state index in [9.17, 15) is 4.79 Å². The smallest absolute Gasteiger partial charge is 0.223 e. The molecule has 186 valence electrons. The molecule has 0 aromatic heterocycles. The molecule has 0 aliphatic heterocycles. The fourth-order valence-electron chi connectivity index (χ4n) is 6.05. The predicted octanol–water partition coefficient (Wildman–Crippen LogP) is 6.71. The van der Waals surface area contributed by atoms with E-state index in [0.717, 1.165) is 25.7 Å². The van der Waals surface area contributed by atoms with Gasteiger partial charge in [0.2, 0.25) is 5.91 Å². The highest BCUT2D eigenvalue weighted by atomic mass is 16.5. The number of hydrogen-bond acceptors (Lipinski definition) is 3. The Morgan fingerprint density at radius 3 is 1.68 bits per heavy atom. The van der Waals surface area contributed by atoms with E-state index in [1.807, 2.05) is 13.8 Å². The average molecular weight is 441 g/mol. The third-order valence-electron chi connectivity index (χ3n) is 5.81. The zero-order valence-electron chi connectivity index (χ0n) is 23.5. The maximum Gasteiger partial charge on any atom is 0.223 e. The van der Waals surface area contributed by atoms with E-state index < -0.39 is 0 Å². The van der Waals surface area contributed by atoms with Crippen LogP contribution in [0.2, 0.25) is 0 Å². The quantitative estimate of drug-likeness (QED) is 0.354. The van der Waals surface area contributed by atoms with Gasteiger partial charge >= 0.3 is 0 Å². The minimum Gasteiger partial charge on any atom is -0.370 e. The Kier molecular flexibility index (Phi) is 10.3. The maximum atomic E-state index is 12.9. The number of ether oxygens (including phenoxy) is 1. The van der Waals surface area contributed by atoms with E-state index in [1.165, 1.54) is 0 Å². The summed E-state index contributed by atoms with van der Waals surface area (Å²) in [5.41, 5.74) is 5.43. The first-order valence-corrected chi connectivity index (χ1v) is 12.2. The van der Waals surface area contributed by atoms with Crippen molar-refractivity contribution in [2.75, 3.05) is 0 Å². The average Bonchev–Trinajstić information content (AvgIpc) is 2.37. The number of carbonyl (C=O) groups is 1. The third-order valence-corrected chi connectivity index (χ3v) is 5.81. The molecule has 0 heterocycles. The van der Waals surface area contributed by atoms with Crippen molar-refractivity contribution in [2.24, 2.45) is 28.4 Å². The molecule has 1 amide bonds. The lowest BCUT2D eigenvalue weighted by molar-refractivity contribution is -0.151. The fourth-order valence-corrected chi connectivity index (χ4v) is 6.05. The van der Waals surface area contributed by atoms with Crippen LogP contribution in [0.15, 0.2) is 0 Å². The van der Waals surface area contributed by atoms with Crippen LogP contribution in [0, 0.1) is 22.7 Å². The summed E-state index contributed by atoms with van der Waals surface area (Å²) < 4.78 is 6.64. The van der Waals surface area contributed by atoms with E-state index in [4.69, 9.17) is 10.5 Å². The van der Waals surface area contributed by atoms with Crippen LogP contribution < -0.4 is 11.1 Å². The van der Waals surface area contributed by atoms with Crippen molar-refractivity contribution >= 4 is 5.91 Å². The molecule has 0 spiro atoms. The van der Waals surface area contributed by atoms with E-state index in [0.29, 0.717) is 0 Å². The highest BCUT2D eigenvalue weighted by Gasteiger charge is 2.39. The normalized spacial score (nSPS) is 17.3. The Morgan fingerprint density at radius 2 is 1.26 bits per heavy atom. The SMILES string of the molecule is CC(N)CC(C)C(C)C(=O)NC(C)(C)CC(C)(C)CC(C)(C)OC(C)(C)CC(C)(C)C. The van der Waals surface area contributed by atoms with Crippen LogP contribution in [0.3, 0.4) is 0 Å². The maximum absolute atomic E-state index is 12.9. The number of hydrogen-bond donors (Lipinski definition) is 2. The molecule has 0 radical (unpaired) electrons. The summed E-state index contributed by atoms with van der Waals surface area (Å²) in [4.78, 5) is 12.9. The Hall–Kier alpha value is -0.610. The molecule has 0 aromatic rings. The van der Waals surface area contributed by atoms with Gasteiger partial charge in [-0.25, -0.2) is 0 Å². The molecule has 3 atom stereocenters. The molecule has 0 fully saturated rings. The Balaban J connectivity index is 5.09. The van der Waals surface area contributed by atoms with Gasteiger partial charge < -0.3 is 15.8 Å². The fraction of sp³-hybridized carbons (Fsp3) is 0.963. The molecular weight excluding hydrogens is 384 g/mol. The summed E-state index contributed by atoms with van der Waals surface area (Å²) in [6.45, 7) is 30.5. The molecule has 0 rings (SSSR count). The number of nitrogens with one attached hydrogen (secondary N) is 1. The zero-order chi connectivity index (χ0) is 25.1. The van der Waals surface area contributed by atoms with Crippen molar-refractivity contribution < 1.29 is 9.53 Å². The van der Waals surface area contributed by atoms with Gasteiger partial charge in [-0.15, -0.1) is 0 Å². The van der Waals surface area contributed by atoms with Crippen LogP contribution in [0.5, 0.6) is 0 Å². The lowest BCUT2D eigenvalue weighted by atomic mass is 9.73. The second-order valence-corrected chi connectivity index (χ2v) is 14.2. The molecule has 0 aliphatic carbocycles. The first kappa shape index (κ1) is 30.4. The second kappa shape index (κ2) is 10.5. The van der Waals surface area contributed by atoms with Crippen molar-refractivity contribution in [3.05, 3.63) is 0 Å². The number of nitrogens with two attached hydrogens (primary N) is 1. The highest BCUT2D eigenvalue weighted by Crippen LogP contribution is 2.40. The molecule has 0 bridgehead atoms. The van der Waals surface area contributed by atoms with Gasteiger partial charge in [-0.05, 0) is 90.9 Å². The second-order valence-electron chi connectivity index (χ2n) is 14.2. The van der Waals surface area contributed by atoms with Crippen LogP contribution in [0.4, 0.5) is 0 Å². The summed E-state index contributed by atoms with van der Waals surface area (Å²) in [6.07, 6.45) is 3.66. The summed E-state index contributed by atoms with van der Waals surface area (Å²) in [5, 5.41) is 3.31. The van der Waals surface area contributed by atoms with Gasteiger partial charge in [-0.1, -0.05) is 48.5 Å². The van der Waals surface area contributed by atoms with Gasteiger partial charge in [-0.2, -0.15) is 0 Å². The lowest BCUT2D eigenvalue weighted by Gasteiger charge is -2.44. The van der Waals surface area contributed by atoms with Gasteiger partial charge in [-0.3, -0.25) is 4.79 Å². The highest BCUT2D eigenvalue weighted by molar-refractivity contribution is 5.79. The van der Waals surface area contributed by atoms with Crippen LogP contribution in [0.25, 0.3) is 0 Å². The van der Waals surface area contributed by atoms with Crippen LogP contribution >= 0.6 is 0 Å². The molecule has 31 heavy (non-hydrogen) atoms. The predicted molar refractivity (Wildman–Crippen MR) is 135 cm³/mol. The van der Waals surface area contributed by atoms with E-state index in [2.05, 4.69) is 88.4 Å². The molecule has 3 N–H and O–H groups in total. The number of rotatable bonds is 12. The zero-order valence-corrected chi connectivity index (χ0v) is 23.5. The summed E-state index contributed by atoms with van der Waals surface area (Å²) in [5.74, 6) is 0.336. The van der Waals surface area contributed by atoms with Gasteiger partial charge in [0.15, 0.2) is 0 Å². The van der Waals surface area contributed by atoms with Gasteiger partial charge in [0.05, 0.1) is 11.2 Å². The monoisotopic (exact) mass is 440 g/mol. The molecule has 0 aromatic carbocycles.